The fourth-order valence-electron chi connectivity index (χ4n) is 2.67. The van der Waals surface area contributed by atoms with Crippen molar-refractivity contribution in [3.8, 4) is 0 Å². The lowest BCUT2D eigenvalue weighted by Crippen LogP contribution is -2.27. The molecule has 94 valence electrons. The normalized spacial score (nSPS) is 19.2. The summed E-state index contributed by atoms with van der Waals surface area (Å²) in [4.78, 5) is 4.65. The van der Waals surface area contributed by atoms with E-state index >= 15 is 0 Å². The van der Waals surface area contributed by atoms with Crippen LogP contribution in [-0.2, 0) is 10.8 Å². The molecule has 0 N–H and O–H groups in total. The summed E-state index contributed by atoms with van der Waals surface area (Å²) >= 11 is 0. The smallest absolute Gasteiger partial charge is 0.0473 e. The average molecular weight is 231 g/mol. The molecule has 1 fully saturated rings. The molecule has 0 bridgehead atoms. The van der Waals surface area contributed by atoms with Crippen molar-refractivity contribution in [2.24, 2.45) is 5.41 Å². The van der Waals surface area contributed by atoms with Crippen LogP contribution in [0.15, 0.2) is 18.3 Å². The second-order valence-corrected chi connectivity index (χ2v) is 7.51. The Hall–Kier alpha value is -0.850. The fraction of sp³-hybridized carbons (Fsp3) is 0.688. The first-order chi connectivity index (χ1) is 7.67. The first kappa shape index (κ1) is 12.6. The van der Waals surface area contributed by atoms with Crippen LogP contribution < -0.4 is 0 Å². The van der Waals surface area contributed by atoms with Crippen LogP contribution >= 0.6 is 0 Å². The van der Waals surface area contributed by atoms with Gasteiger partial charge in [-0.3, -0.25) is 4.98 Å². The molecule has 1 aromatic heterocycles. The maximum Gasteiger partial charge on any atom is 0.0473 e. The summed E-state index contributed by atoms with van der Waals surface area (Å²) in [6, 6.07) is 4.49. The molecule has 1 saturated carbocycles. The molecule has 0 aliphatic heterocycles. The summed E-state index contributed by atoms with van der Waals surface area (Å²) in [5, 5.41) is 0. The van der Waals surface area contributed by atoms with Crippen LogP contribution in [0.25, 0.3) is 0 Å². The Balaban J connectivity index is 2.42. The number of hydrogen-bond donors (Lipinski definition) is 0. The molecule has 0 saturated heterocycles. The van der Waals surface area contributed by atoms with Crippen LogP contribution in [0.3, 0.4) is 0 Å². The van der Waals surface area contributed by atoms with Crippen LogP contribution in [0.2, 0.25) is 0 Å². The zero-order valence-corrected chi connectivity index (χ0v) is 12.1. The third-order valence-corrected chi connectivity index (χ3v) is 4.30. The van der Waals surface area contributed by atoms with Crippen LogP contribution in [0.5, 0.6) is 0 Å². The van der Waals surface area contributed by atoms with E-state index in [0.29, 0.717) is 10.8 Å². The Morgan fingerprint density at radius 3 is 2.06 bits per heavy atom. The Labute approximate surface area is 106 Å². The zero-order chi connectivity index (χ0) is 12.9. The van der Waals surface area contributed by atoms with Gasteiger partial charge in [0.2, 0.25) is 0 Å². The Bertz CT molecular complexity index is 414. The van der Waals surface area contributed by atoms with Gasteiger partial charge in [0.15, 0.2) is 0 Å². The topological polar surface area (TPSA) is 12.9 Å². The third-order valence-electron chi connectivity index (χ3n) is 4.30. The predicted molar refractivity (Wildman–Crippen MR) is 73.3 cm³/mol. The maximum atomic E-state index is 4.65. The number of nitrogens with zero attached hydrogens (tertiary/aromatic N) is 1. The molecule has 0 unspecified atom stereocenters. The summed E-state index contributed by atoms with van der Waals surface area (Å²) in [6.07, 6.45) is 4.57. The number of aromatic nitrogens is 1. The van der Waals surface area contributed by atoms with Crippen LogP contribution in [0.1, 0.15) is 65.6 Å². The molecular weight excluding hydrogens is 206 g/mol. The van der Waals surface area contributed by atoms with Gasteiger partial charge in [-0.05, 0) is 41.4 Å². The van der Waals surface area contributed by atoms with Gasteiger partial charge in [-0.25, -0.2) is 0 Å². The Kier molecular flexibility index (Phi) is 2.65. The molecule has 1 heterocycles. The molecular formula is C16H25N. The summed E-state index contributed by atoms with van der Waals surface area (Å²) in [5.74, 6) is 0. The molecule has 0 aromatic carbocycles. The molecule has 1 aliphatic rings. The summed E-state index contributed by atoms with van der Waals surface area (Å²) < 4.78 is 0. The highest BCUT2D eigenvalue weighted by atomic mass is 14.8. The average Bonchev–Trinajstić information content (AvgIpc) is 2.96. The zero-order valence-electron chi connectivity index (χ0n) is 12.1. The van der Waals surface area contributed by atoms with E-state index in [1.54, 1.807) is 0 Å². The molecule has 0 spiro atoms. The van der Waals surface area contributed by atoms with Gasteiger partial charge < -0.3 is 0 Å². The largest absolute Gasteiger partial charge is 0.261 e. The number of rotatable bonds is 1. The van der Waals surface area contributed by atoms with E-state index in [4.69, 9.17) is 0 Å². The maximum absolute atomic E-state index is 4.65. The van der Waals surface area contributed by atoms with Gasteiger partial charge >= 0.3 is 0 Å². The lowest BCUT2D eigenvalue weighted by molar-refractivity contribution is 0.292. The lowest BCUT2D eigenvalue weighted by atomic mass is 9.74. The highest BCUT2D eigenvalue weighted by Crippen LogP contribution is 2.59. The Morgan fingerprint density at radius 1 is 1.06 bits per heavy atom. The van der Waals surface area contributed by atoms with Crippen molar-refractivity contribution in [1.82, 2.24) is 4.98 Å². The fourth-order valence-corrected chi connectivity index (χ4v) is 2.67. The molecule has 0 radical (unpaired) electrons. The second-order valence-electron chi connectivity index (χ2n) is 7.51. The van der Waals surface area contributed by atoms with Crippen molar-refractivity contribution in [1.29, 1.82) is 0 Å². The van der Waals surface area contributed by atoms with Crippen LogP contribution in [0.4, 0.5) is 0 Å². The first-order valence-corrected chi connectivity index (χ1v) is 6.64. The number of hydrogen-bond acceptors (Lipinski definition) is 1. The summed E-state index contributed by atoms with van der Waals surface area (Å²) in [6.45, 7) is 13.8. The van der Waals surface area contributed by atoms with E-state index in [2.05, 4.69) is 58.7 Å². The first-order valence-electron chi connectivity index (χ1n) is 6.64. The van der Waals surface area contributed by atoms with Crippen molar-refractivity contribution < 1.29 is 0 Å². The molecule has 1 aromatic rings. The van der Waals surface area contributed by atoms with E-state index in [9.17, 15) is 0 Å². The molecule has 1 nitrogen and oxygen atoms in total. The van der Waals surface area contributed by atoms with Gasteiger partial charge in [0.1, 0.15) is 0 Å². The molecule has 17 heavy (non-hydrogen) atoms. The van der Waals surface area contributed by atoms with Crippen molar-refractivity contribution in [3.63, 3.8) is 0 Å². The van der Waals surface area contributed by atoms with E-state index < -0.39 is 0 Å². The van der Waals surface area contributed by atoms with E-state index in [0.717, 1.165) is 0 Å². The van der Waals surface area contributed by atoms with Gasteiger partial charge in [0.05, 0.1) is 0 Å². The van der Waals surface area contributed by atoms with Gasteiger partial charge in [0, 0.05) is 17.3 Å². The molecule has 1 aliphatic carbocycles. The predicted octanol–water partition coefficient (Wildman–Crippen LogP) is 4.46. The molecule has 1 heteroatoms. The monoisotopic (exact) mass is 231 g/mol. The minimum absolute atomic E-state index is 0.214. The van der Waals surface area contributed by atoms with Crippen LogP contribution in [-0.4, -0.2) is 4.98 Å². The third kappa shape index (κ3) is 2.12. The van der Waals surface area contributed by atoms with Crippen molar-refractivity contribution in [2.75, 3.05) is 0 Å². The quantitative estimate of drug-likeness (QED) is 0.695. The minimum atomic E-state index is 0.214. The highest BCUT2D eigenvalue weighted by Gasteiger charge is 2.54. The molecule has 0 amide bonds. The van der Waals surface area contributed by atoms with Gasteiger partial charge in [-0.1, -0.05) is 41.5 Å². The van der Waals surface area contributed by atoms with Crippen molar-refractivity contribution in [2.45, 2.75) is 65.2 Å². The van der Waals surface area contributed by atoms with Crippen molar-refractivity contribution in [3.05, 3.63) is 29.6 Å². The molecule has 0 atom stereocenters. The standard InChI is InChI=1S/C16H25N/c1-14(2,3)12-7-10-17-13(11-12)16(8-9-16)15(4,5)6/h7,10-11H,8-9H2,1-6H3. The summed E-state index contributed by atoms with van der Waals surface area (Å²) in [7, 11) is 0. The van der Waals surface area contributed by atoms with Crippen LogP contribution in [0, 0.1) is 5.41 Å². The SMILES string of the molecule is CC(C)(C)c1ccnc(C2(C(C)(C)C)CC2)c1. The number of pyridine rings is 1. The molecule has 2 rings (SSSR count). The van der Waals surface area contributed by atoms with Gasteiger partial charge in [0.25, 0.3) is 0 Å². The van der Waals surface area contributed by atoms with E-state index in [1.165, 1.54) is 24.1 Å². The van der Waals surface area contributed by atoms with E-state index in [-0.39, 0.29) is 5.41 Å². The summed E-state index contributed by atoms with van der Waals surface area (Å²) in [5.41, 5.74) is 3.56. The Morgan fingerprint density at radius 2 is 1.65 bits per heavy atom. The highest BCUT2D eigenvalue weighted by molar-refractivity contribution is 5.33. The lowest BCUT2D eigenvalue weighted by Gasteiger charge is -2.31. The minimum Gasteiger partial charge on any atom is -0.261 e. The second kappa shape index (κ2) is 3.57. The van der Waals surface area contributed by atoms with Gasteiger partial charge in [-0.15, -0.1) is 0 Å². The van der Waals surface area contributed by atoms with E-state index in [1.807, 2.05) is 6.20 Å². The van der Waals surface area contributed by atoms with Gasteiger partial charge in [-0.2, -0.15) is 0 Å². The van der Waals surface area contributed by atoms with Crippen molar-refractivity contribution >= 4 is 0 Å².